The summed E-state index contributed by atoms with van der Waals surface area (Å²) in [5.41, 5.74) is -1.07. The third kappa shape index (κ3) is 19.1. The quantitative estimate of drug-likeness (QED) is 0.335. The first-order chi connectivity index (χ1) is 14.1. The maximum absolute atomic E-state index is 12.2. The number of hydrogen-bond donors (Lipinski definition) is 3. The summed E-state index contributed by atoms with van der Waals surface area (Å²) in [7, 11) is 0. The summed E-state index contributed by atoms with van der Waals surface area (Å²) in [5.74, 6) is -0.0108. The molecule has 0 fully saturated rings. The van der Waals surface area contributed by atoms with Crippen molar-refractivity contribution in [2.45, 2.75) is 80.4 Å². The van der Waals surface area contributed by atoms with E-state index in [1.807, 2.05) is 48.5 Å². The van der Waals surface area contributed by atoms with Crippen LogP contribution in [0, 0.1) is 10.8 Å². The molecule has 0 bridgehead atoms. The maximum Gasteiger partial charge on any atom is 0.407 e. The van der Waals surface area contributed by atoms with Crippen molar-refractivity contribution in [1.82, 2.24) is 16.0 Å². The van der Waals surface area contributed by atoms with E-state index in [0.29, 0.717) is 52.0 Å². The molecule has 0 aromatic rings. The van der Waals surface area contributed by atoms with Crippen molar-refractivity contribution in [3.05, 3.63) is 0 Å². The van der Waals surface area contributed by atoms with Crippen LogP contribution < -0.4 is 16.0 Å². The molecule has 0 aliphatic heterocycles. The van der Waals surface area contributed by atoms with E-state index in [-0.39, 0.29) is 16.7 Å². The second-order valence-corrected chi connectivity index (χ2v) is 10.9. The van der Waals surface area contributed by atoms with Gasteiger partial charge in [0.1, 0.15) is 5.60 Å². The fourth-order valence-electron chi connectivity index (χ4n) is 2.61. The highest BCUT2D eigenvalue weighted by molar-refractivity contribution is 5.76. The summed E-state index contributed by atoms with van der Waals surface area (Å²) in [5, 5.41) is 8.96. The van der Waals surface area contributed by atoms with Gasteiger partial charge in [0.05, 0.1) is 26.4 Å². The lowest BCUT2D eigenvalue weighted by atomic mass is 9.89. The summed E-state index contributed by atoms with van der Waals surface area (Å²) in [4.78, 5) is 24.0. The summed E-state index contributed by atoms with van der Waals surface area (Å²) in [6.07, 6.45) is -0.0591. The second kappa shape index (κ2) is 13.9. The maximum atomic E-state index is 12.2. The molecule has 0 atom stereocenters. The van der Waals surface area contributed by atoms with E-state index < -0.39 is 11.7 Å². The number of nitrogens with one attached hydrogen (secondary N) is 3. The van der Waals surface area contributed by atoms with E-state index >= 15 is 0 Å². The van der Waals surface area contributed by atoms with Crippen molar-refractivity contribution in [1.29, 1.82) is 0 Å². The summed E-state index contributed by atoms with van der Waals surface area (Å²) < 4.78 is 16.6. The zero-order valence-electron chi connectivity index (χ0n) is 21.3. The Labute approximate surface area is 189 Å². The van der Waals surface area contributed by atoms with Crippen LogP contribution >= 0.6 is 0 Å². The lowest BCUT2D eigenvalue weighted by Gasteiger charge is -2.29. The molecule has 0 spiro atoms. The van der Waals surface area contributed by atoms with Crippen molar-refractivity contribution < 1.29 is 23.8 Å². The number of amides is 2. The van der Waals surface area contributed by atoms with Crippen LogP contribution in [0.3, 0.4) is 0 Å². The molecule has 8 heteroatoms. The van der Waals surface area contributed by atoms with Crippen molar-refractivity contribution in [2.75, 3.05) is 46.1 Å². The Bertz CT molecular complexity index is 528. The van der Waals surface area contributed by atoms with Gasteiger partial charge < -0.3 is 30.2 Å². The molecule has 0 unspecified atom stereocenters. The Balaban J connectivity index is 4.04. The van der Waals surface area contributed by atoms with Crippen LogP contribution in [-0.4, -0.2) is 69.7 Å². The molecule has 0 saturated carbocycles. The smallest absolute Gasteiger partial charge is 0.407 e. The highest BCUT2D eigenvalue weighted by atomic mass is 16.6. The molecule has 0 aliphatic carbocycles. The number of alkyl carbamates (subject to hydrolysis) is 1. The molecule has 8 nitrogen and oxygen atoms in total. The van der Waals surface area contributed by atoms with Crippen LogP contribution in [0.1, 0.15) is 68.7 Å². The SMILES string of the molecule is CC(C)NCCOCCNC(=O)CC(C)(C)COCC(C)(C)CNC(=O)OC(C)(C)C. The van der Waals surface area contributed by atoms with Crippen LogP contribution in [0.2, 0.25) is 0 Å². The Kier molecular flexibility index (Phi) is 13.3. The van der Waals surface area contributed by atoms with Gasteiger partial charge in [-0.1, -0.05) is 41.5 Å². The van der Waals surface area contributed by atoms with E-state index in [9.17, 15) is 9.59 Å². The Morgan fingerprint density at radius 3 is 1.97 bits per heavy atom. The van der Waals surface area contributed by atoms with E-state index in [1.54, 1.807) is 0 Å². The van der Waals surface area contributed by atoms with Crippen LogP contribution in [0.4, 0.5) is 4.79 Å². The van der Waals surface area contributed by atoms with Crippen molar-refractivity contribution >= 4 is 12.0 Å². The Morgan fingerprint density at radius 1 is 0.806 bits per heavy atom. The molecule has 184 valence electrons. The van der Waals surface area contributed by atoms with E-state index in [0.717, 1.165) is 6.54 Å². The molecule has 0 aliphatic rings. The molecule has 0 heterocycles. The zero-order valence-corrected chi connectivity index (χ0v) is 21.3. The predicted molar refractivity (Wildman–Crippen MR) is 124 cm³/mol. The van der Waals surface area contributed by atoms with Crippen molar-refractivity contribution in [3.63, 3.8) is 0 Å². The van der Waals surface area contributed by atoms with E-state index in [1.165, 1.54) is 0 Å². The average molecular weight is 446 g/mol. The molecule has 0 rings (SSSR count). The van der Waals surface area contributed by atoms with Gasteiger partial charge in [-0.05, 0) is 26.2 Å². The third-order valence-electron chi connectivity index (χ3n) is 4.10. The highest BCUT2D eigenvalue weighted by Gasteiger charge is 2.26. The van der Waals surface area contributed by atoms with Gasteiger partial charge in [0.2, 0.25) is 5.91 Å². The molecule has 0 aromatic heterocycles. The monoisotopic (exact) mass is 445 g/mol. The lowest BCUT2D eigenvalue weighted by molar-refractivity contribution is -0.124. The van der Waals surface area contributed by atoms with Crippen LogP contribution in [0.15, 0.2) is 0 Å². The van der Waals surface area contributed by atoms with Gasteiger partial charge in [0.15, 0.2) is 0 Å². The number of carbonyl (C=O) groups excluding carboxylic acids is 2. The minimum atomic E-state index is -0.521. The van der Waals surface area contributed by atoms with Crippen molar-refractivity contribution in [3.8, 4) is 0 Å². The average Bonchev–Trinajstić information content (AvgIpc) is 2.56. The van der Waals surface area contributed by atoms with Gasteiger partial charge in [-0.15, -0.1) is 0 Å². The number of rotatable bonds is 15. The Hall–Kier alpha value is -1.38. The highest BCUT2D eigenvalue weighted by Crippen LogP contribution is 2.23. The Morgan fingerprint density at radius 2 is 1.39 bits per heavy atom. The molecular formula is C23H47N3O5. The molecule has 0 aromatic carbocycles. The fourth-order valence-corrected chi connectivity index (χ4v) is 2.61. The summed E-state index contributed by atoms with van der Waals surface area (Å²) in [6.45, 7) is 21.5. The van der Waals surface area contributed by atoms with E-state index in [4.69, 9.17) is 14.2 Å². The molecular weight excluding hydrogens is 398 g/mol. The van der Waals surface area contributed by atoms with Gasteiger partial charge in [-0.2, -0.15) is 0 Å². The first kappa shape index (κ1) is 29.6. The molecule has 0 saturated heterocycles. The first-order valence-corrected chi connectivity index (χ1v) is 11.2. The summed E-state index contributed by atoms with van der Waals surface area (Å²) in [6, 6.07) is 0.444. The van der Waals surface area contributed by atoms with Gasteiger partial charge in [0, 0.05) is 37.5 Å². The van der Waals surface area contributed by atoms with Crippen molar-refractivity contribution in [2.24, 2.45) is 10.8 Å². The fraction of sp³-hybridized carbons (Fsp3) is 0.913. The van der Waals surface area contributed by atoms with Gasteiger partial charge in [-0.25, -0.2) is 4.79 Å². The lowest BCUT2D eigenvalue weighted by Crippen LogP contribution is -2.40. The predicted octanol–water partition coefficient (Wildman–Crippen LogP) is 3.10. The molecule has 3 N–H and O–H groups in total. The molecule has 2 amide bonds. The van der Waals surface area contributed by atoms with Crippen LogP contribution in [0.25, 0.3) is 0 Å². The number of carbonyl (C=O) groups is 2. The third-order valence-corrected chi connectivity index (χ3v) is 4.10. The minimum absolute atomic E-state index is 0.0108. The number of hydrogen-bond acceptors (Lipinski definition) is 6. The van der Waals surface area contributed by atoms with E-state index in [2.05, 4.69) is 29.8 Å². The van der Waals surface area contributed by atoms with Gasteiger partial charge in [0.25, 0.3) is 0 Å². The molecule has 0 radical (unpaired) electrons. The topological polar surface area (TPSA) is 97.9 Å². The largest absolute Gasteiger partial charge is 0.444 e. The standard InChI is InChI=1S/C23H47N3O5/c1-18(2)24-10-12-29-13-11-25-19(27)14-22(6,7)16-30-17-23(8,9)15-26-20(28)31-21(3,4)5/h18,24H,10-17H2,1-9H3,(H,25,27)(H,26,28). The summed E-state index contributed by atoms with van der Waals surface area (Å²) >= 11 is 0. The molecule has 31 heavy (non-hydrogen) atoms. The van der Waals surface area contributed by atoms with Gasteiger partial charge >= 0.3 is 6.09 Å². The number of ether oxygens (including phenoxy) is 3. The normalized spacial score (nSPS) is 12.7. The van der Waals surface area contributed by atoms with Crippen LogP contribution in [-0.2, 0) is 19.0 Å². The first-order valence-electron chi connectivity index (χ1n) is 11.2. The second-order valence-electron chi connectivity index (χ2n) is 10.9. The van der Waals surface area contributed by atoms with Gasteiger partial charge in [-0.3, -0.25) is 4.79 Å². The zero-order chi connectivity index (χ0) is 24.1. The minimum Gasteiger partial charge on any atom is -0.444 e. The van der Waals surface area contributed by atoms with Crippen LogP contribution in [0.5, 0.6) is 0 Å².